The Hall–Kier alpha value is -3.22. The number of hydrogen-bond donors (Lipinski definition) is 1. The summed E-state index contributed by atoms with van der Waals surface area (Å²) in [4.78, 5) is 29.1. The Morgan fingerprint density at radius 2 is 1.65 bits per heavy atom. The number of rotatable bonds is 9. The molecule has 1 saturated heterocycles. The molecule has 2 aromatic carbocycles. The molecule has 2 amide bonds. The van der Waals surface area contributed by atoms with E-state index in [2.05, 4.69) is 10.2 Å². The Kier molecular flexibility index (Phi) is 8.15. The lowest BCUT2D eigenvalue weighted by Gasteiger charge is -2.36. The monoisotopic (exact) mass is 425 g/mol. The molecule has 1 heterocycles. The van der Waals surface area contributed by atoms with Gasteiger partial charge in [0.25, 0.3) is 5.91 Å². The lowest BCUT2D eigenvalue weighted by molar-refractivity contribution is -0.131. The first-order valence-corrected chi connectivity index (χ1v) is 10.8. The largest absolute Gasteiger partial charge is 0.495 e. The number of nitrogens with zero attached hydrogens (tertiary/aromatic N) is 2. The van der Waals surface area contributed by atoms with E-state index in [-0.39, 0.29) is 11.8 Å². The van der Waals surface area contributed by atoms with Gasteiger partial charge in [-0.15, -0.1) is 0 Å². The maximum Gasteiger partial charge on any atom is 0.255 e. The Bertz CT molecular complexity index is 879. The van der Waals surface area contributed by atoms with E-state index < -0.39 is 0 Å². The summed E-state index contributed by atoms with van der Waals surface area (Å²) in [6, 6.07) is 15.1. The molecule has 0 unspecified atom stereocenters. The molecule has 2 aromatic rings. The molecule has 0 aromatic heterocycles. The highest BCUT2D eigenvalue weighted by molar-refractivity contribution is 5.96. The first-order valence-electron chi connectivity index (χ1n) is 10.8. The highest BCUT2D eigenvalue weighted by Crippen LogP contribution is 2.28. The lowest BCUT2D eigenvalue weighted by Crippen LogP contribution is -2.49. The van der Waals surface area contributed by atoms with E-state index >= 15 is 0 Å². The van der Waals surface area contributed by atoms with Crippen LogP contribution >= 0.6 is 0 Å². The molecule has 1 N–H and O–H groups in total. The van der Waals surface area contributed by atoms with Gasteiger partial charge in [-0.3, -0.25) is 9.59 Å². The summed E-state index contributed by atoms with van der Waals surface area (Å²) < 4.78 is 10.9. The average Bonchev–Trinajstić information content (AvgIpc) is 2.82. The van der Waals surface area contributed by atoms with E-state index in [4.69, 9.17) is 9.47 Å². The van der Waals surface area contributed by atoms with Crippen molar-refractivity contribution in [2.24, 2.45) is 0 Å². The van der Waals surface area contributed by atoms with Gasteiger partial charge in [0, 0.05) is 39.1 Å². The summed E-state index contributed by atoms with van der Waals surface area (Å²) in [5.41, 5.74) is 1.58. The summed E-state index contributed by atoms with van der Waals surface area (Å²) in [7, 11) is 1.67. The number of benzene rings is 2. The Morgan fingerprint density at radius 1 is 0.968 bits per heavy atom. The molecule has 1 aliphatic rings. The number of para-hydroxylation sites is 3. The van der Waals surface area contributed by atoms with Crippen LogP contribution in [0, 0.1) is 0 Å². The molecule has 0 bridgehead atoms. The van der Waals surface area contributed by atoms with Crippen LogP contribution in [0.2, 0.25) is 0 Å². The third-order valence-corrected chi connectivity index (χ3v) is 5.34. The highest BCUT2D eigenvalue weighted by atomic mass is 16.5. The van der Waals surface area contributed by atoms with Gasteiger partial charge in [-0.2, -0.15) is 0 Å². The Morgan fingerprint density at radius 3 is 2.35 bits per heavy atom. The fourth-order valence-electron chi connectivity index (χ4n) is 3.72. The van der Waals surface area contributed by atoms with Crippen molar-refractivity contribution in [3.8, 4) is 11.5 Å². The van der Waals surface area contributed by atoms with E-state index in [1.807, 2.05) is 48.2 Å². The molecule has 0 spiro atoms. The van der Waals surface area contributed by atoms with E-state index in [0.717, 1.165) is 24.5 Å². The predicted molar refractivity (Wildman–Crippen MR) is 121 cm³/mol. The van der Waals surface area contributed by atoms with Crippen molar-refractivity contribution >= 4 is 17.5 Å². The molecule has 0 aliphatic carbocycles. The maximum absolute atomic E-state index is 12.6. The smallest absolute Gasteiger partial charge is 0.255 e. The second-order valence-corrected chi connectivity index (χ2v) is 7.33. The van der Waals surface area contributed by atoms with Crippen LogP contribution in [0.3, 0.4) is 0 Å². The van der Waals surface area contributed by atoms with Crippen LogP contribution < -0.4 is 19.7 Å². The average molecular weight is 426 g/mol. The number of amides is 2. The number of piperazine rings is 1. The van der Waals surface area contributed by atoms with Gasteiger partial charge in [-0.1, -0.05) is 24.3 Å². The zero-order chi connectivity index (χ0) is 22.1. The molecule has 166 valence electrons. The van der Waals surface area contributed by atoms with E-state index in [1.54, 1.807) is 19.2 Å². The molecule has 0 atom stereocenters. The van der Waals surface area contributed by atoms with Crippen LogP contribution in [0.15, 0.2) is 48.5 Å². The lowest BCUT2D eigenvalue weighted by atomic mass is 10.1. The zero-order valence-electron chi connectivity index (χ0n) is 18.3. The molecular weight excluding hydrogens is 394 g/mol. The molecule has 1 fully saturated rings. The number of carbonyl (C=O) groups excluding carboxylic acids is 2. The molecular formula is C24H31N3O4. The van der Waals surface area contributed by atoms with Crippen molar-refractivity contribution < 1.29 is 19.1 Å². The number of nitrogens with one attached hydrogen (secondary N) is 1. The summed E-state index contributed by atoms with van der Waals surface area (Å²) in [6.07, 6.45) is 1.02. The van der Waals surface area contributed by atoms with E-state index in [9.17, 15) is 9.59 Å². The van der Waals surface area contributed by atoms with Crippen LogP contribution in [-0.4, -0.2) is 63.2 Å². The quantitative estimate of drug-likeness (QED) is 0.626. The van der Waals surface area contributed by atoms with Crippen molar-refractivity contribution in [3.05, 3.63) is 54.1 Å². The van der Waals surface area contributed by atoms with Crippen molar-refractivity contribution in [1.29, 1.82) is 0 Å². The first-order chi connectivity index (χ1) is 15.1. The molecule has 0 radical (unpaired) electrons. The first kappa shape index (κ1) is 22.5. The van der Waals surface area contributed by atoms with Gasteiger partial charge in [-0.05, 0) is 37.6 Å². The third kappa shape index (κ3) is 5.90. The highest BCUT2D eigenvalue weighted by Gasteiger charge is 2.22. The molecule has 0 saturated carbocycles. The van der Waals surface area contributed by atoms with Gasteiger partial charge < -0.3 is 24.6 Å². The molecule has 3 rings (SSSR count). The molecule has 7 heteroatoms. The zero-order valence-corrected chi connectivity index (χ0v) is 18.3. The van der Waals surface area contributed by atoms with Gasteiger partial charge in [0.05, 0.1) is 25.0 Å². The number of anilines is 1. The summed E-state index contributed by atoms with van der Waals surface area (Å²) in [5, 5.41) is 2.89. The minimum Gasteiger partial charge on any atom is -0.495 e. The van der Waals surface area contributed by atoms with Gasteiger partial charge >= 0.3 is 0 Å². The van der Waals surface area contributed by atoms with Gasteiger partial charge in [-0.25, -0.2) is 0 Å². The standard InChI is InChI=1S/C24H31N3O4/c1-3-31-21-11-6-4-9-19(21)24(29)25-14-8-13-23(28)27-17-15-26(16-18-27)20-10-5-7-12-22(20)30-2/h4-7,9-12H,3,8,13-18H2,1-2H3,(H,25,29). The SMILES string of the molecule is CCOc1ccccc1C(=O)NCCCC(=O)N1CCN(c2ccccc2OC)CC1. The second kappa shape index (κ2) is 11.2. The molecule has 1 aliphatic heterocycles. The number of ether oxygens (including phenoxy) is 2. The van der Waals surface area contributed by atoms with Crippen LogP contribution in [-0.2, 0) is 4.79 Å². The van der Waals surface area contributed by atoms with Crippen molar-refractivity contribution in [1.82, 2.24) is 10.2 Å². The van der Waals surface area contributed by atoms with Crippen LogP contribution in [0.25, 0.3) is 0 Å². The van der Waals surface area contributed by atoms with Crippen molar-refractivity contribution in [2.75, 3.05) is 51.3 Å². The van der Waals surface area contributed by atoms with E-state index in [0.29, 0.717) is 50.4 Å². The second-order valence-electron chi connectivity index (χ2n) is 7.33. The molecule has 7 nitrogen and oxygen atoms in total. The number of carbonyl (C=O) groups is 2. The molecule has 31 heavy (non-hydrogen) atoms. The summed E-state index contributed by atoms with van der Waals surface area (Å²) in [6.45, 7) is 5.76. The van der Waals surface area contributed by atoms with E-state index in [1.165, 1.54) is 0 Å². The fourth-order valence-corrected chi connectivity index (χ4v) is 3.72. The predicted octanol–water partition coefficient (Wildman–Crippen LogP) is 2.95. The number of methoxy groups -OCH3 is 1. The Labute approximate surface area is 183 Å². The normalized spacial score (nSPS) is 13.6. The topological polar surface area (TPSA) is 71.1 Å². The van der Waals surface area contributed by atoms with Gasteiger partial charge in [0.15, 0.2) is 0 Å². The minimum atomic E-state index is -0.179. The van der Waals surface area contributed by atoms with Crippen molar-refractivity contribution in [3.63, 3.8) is 0 Å². The third-order valence-electron chi connectivity index (χ3n) is 5.34. The fraction of sp³-hybridized carbons (Fsp3) is 0.417. The summed E-state index contributed by atoms with van der Waals surface area (Å²) >= 11 is 0. The van der Waals surface area contributed by atoms with Crippen LogP contribution in [0.1, 0.15) is 30.1 Å². The van der Waals surface area contributed by atoms with Crippen LogP contribution in [0.4, 0.5) is 5.69 Å². The minimum absolute atomic E-state index is 0.128. The number of hydrogen-bond acceptors (Lipinski definition) is 5. The van der Waals surface area contributed by atoms with Gasteiger partial charge in [0.2, 0.25) is 5.91 Å². The van der Waals surface area contributed by atoms with Crippen molar-refractivity contribution in [2.45, 2.75) is 19.8 Å². The maximum atomic E-state index is 12.6. The van der Waals surface area contributed by atoms with Crippen LogP contribution in [0.5, 0.6) is 11.5 Å². The summed E-state index contributed by atoms with van der Waals surface area (Å²) in [5.74, 6) is 1.38. The Balaban J connectivity index is 1.40. The van der Waals surface area contributed by atoms with Gasteiger partial charge in [0.1, 0.15) is 11.5 Å².